The number of halogens is 2. The highest BCUT2D eigenvalue weighted by Gasteiger charge is 2.08. The number of hydrogen-bond acceptors (Lipinski definition) is 4. The Bertz CT molecular complexity index is 825. The number of benzene rings is 2. The lowest BCUT2D eigenvalue weighted by Gasteiger charge is -2.05. The molecule has 2 N–H and O–H groups in total. The van der Waals surface area contributed by atoms with Crippen LogP contribution in [0.5, 0.6) is 5.75 Å². The SMILES string of the molecule is COc1cccc(C=NNC(=O)CCNC(=O)c2ccc(Cl)c(Cl)c2)c1. The molecule has 0 aliphatic rings. The van der Waals surface area contributed by atoms with Gasteiger partial charge in [-0.3, -0.25) is 9.59 Å². The molecule has 2 aromatic carbocycles. The molecule has 0 atom stereocenters. The molecule has 0 heterocycles. The molecular weight excluding hydrogens is 377 g/mol. The summed E-state index contributed by atoms with van der Waals surface area (Å²) < 4.78 is 5.10. The highest BCUT2D eigenvalue weighted by Crippen LogP contribution is 2.22. The largest absolute Gasteiger partial charge is 0.497 e. The van der Waals surface area contributed by atoms with Gasteiger partial charge in [-0.15, -0.1) is 0 Å². The fourth-order valence-electron chi connectivity index (χ4n) is 1.99. The Morgan fingerprint density at radius 1 is 1.15 bits per heavy atom. The van der Waals surface area contributed by atoms with Crippen molar-refractivity contribution in [3.63, 3.8) is 0 Å². The van der Waals surface area contributed by atoms with E-state index in [-0.39, 0.29) is 24.8 Å². The minimum absolute atomic E-state index is 0.0858. The molecule has 0 spiro atoms. The van der Waals surface area contributed by atoms with E-state index in [1.807, 2.05) is 18.2 Å². The van der Waals surface area contributed by atoms with Crippen molar-refractivity contribution in [1.82, 2.24) is 10.7 Å². The van der Waals surface area contributed by atoms with Gasteiger partial charge in [-0.1, -0.05) is 35.3 Å². The first-order valence-electron chi connectivity index (χ1n) is 7.69. The smallest absolute Gasteiger partial charge is 0.251 e. The van der Waals surface area contributed by atoms with Crippen molar-refractivity contribution in [3.8, 4) is 5.75 Å². The van der Waals surface area contributed by atoms with Crippen molar-refractivity contribution < 1.29 is 14.3 Å². The molecule has 0 fully saturated rings. The van der Waals surface area contributed by atoms with Crippen LogP contribution in [0.1, 0.15) is 22.3 Å². The summed E-state index contributed by atoms with van der Waals surface area (Å²) in [7, 11) is 1.57. The Morgan fingerprint density at radius 3 is 2.69 bits per heavy atom. The molecule has 0 radical (unpaired) electrons. The van der Waals surface area contributed by atoms with Crippen LogP contribution < -0.4 is 15.5 Å². The molecule has 8 heteroatoms. The number of hydrogen-bond donors (Lipinski definition) is 2. The third-order valence-corrected chi connectivity index (χ3v) is 4.06. The summed E-state index contributed by atoms with van der Waals surface area (Å²) >= 11 is 11.7. The molecule has 0 aliphatic heterocycles. The van der Waals surface area contributed by atoms with Crippen LogP contribution in [0.25, 0.3) is 0 Å². The molecule has 2 rings (SSSR count). The number of ether oxygens (including phenoxy) is 1. The topological polar surface area (TPSA) is 79.8 Å². The molecule has 0 saturated heterocycles. The van der Waals surface area contributed by atoms with Crippen molar-refractivity contribution in [2.75, 3.05) is 13.7 Å². The summed E-state index contributed by atoms with van der Waals surface area (Å²) in [6.45, 7) is 0.166. The van der Waals surface area contributed by atoms with Crippen molar-refractivity contribution in [2.24, 2.45) is 5.10 Å². The number of carbonyl (C=O) groups is 2. The summed E-state index contributed by atoms with van der Waals surface area (Å²) in [5, 5.41) is 7.17. The van der Waals surface area contributed by atoms with Gasteiger partial charge in [0.25, 0.3) is 5.91 Å². The van der Waals surface area contributed by atoms with Crippen LogP contribution in [0.3, 0.4) is 0 Å². The van der Waals surface area contributed by atoms with Gasteiger partial charge in [0, 0.05) is 18.5 Å². The molecular formula is C18H17Cl2N3O3. The van der Waals surface area contributed by atoms with Crippen LogP contribution >= 0.6 is 23.2 Å². The van der Waals surface area contributed by atoms with E-state index in [9.17, 15) is 9.59 Å². The molecule has 0 unspecified atom stereocenters. The Hall–Kier alpha value is -2.57. The molecule has 136 valence electrons. The first-order chi connectivity index (χ1) is 12.5. The Labute approximate surface area is 161 Å². The number of rotatable bonds is 7. The van der Waals surface area contributed by atoms with Crippen molar-refractivity contribution in [3.05, 3.63) is 63.6 Å². The maximum atomic E-state index is 12.0. The van der Waals surface area contributed by atoms with Crippen LogP contribution in [0, 0.1) is 0 Å². The van der Waals surface area contributed by atoms with Crippen LogP contribution in [0.4, 0.5) is 0 Å². The summed E-state index contributed by atoms with van der Waals surface area (Å²) in [6.07, 6.45) is 1.59. The fourth-order valence-corrected chi connectivity index (χ4v) is 2.28. The number of hydrazone groups is 1. The summed E-state index contributed by atoms with van der Waals surface area (Å²) in [5.41, 5.74) is 3.56. The molecule has 0 aromatic heterocycles. The molecule has 2 aromatic rings. The van der Waals surface area contributed by atoms with Gasteiger partial charge in [-0.25, -0.2) is 5.43 Å². The van der Waals surface area contributed by atoms with Gasteiger partial charge in [0.2, 0.25) is 5.91 Å². The zero-order chi connectivity index (χ0) is 18.9. The van der Waals surface area contributed by atoms with Gasteiger partial charge in [-0.05, 0) is 35.9 Å². The second-order valence-electron chi connectivity index (χ2n) is 5.20. The van der Waals surface area contributed by atoms with E-state index in [4.69, 9.17) is 27.9 Å². The first kappa shape index (κ1) is 19.8. The quantitative estimate of drug-likeness (QED) is 0.559. The van der Waals surface area contributed by atoms with Crippen molar-refractivity contribution >= 4 is 41.2 Å². The van der Waals surface area contributed by atoms with Gasteiger partial charge < -0.3 is 10.1 Å². The Kier molecular flexibility index (Phi) is 7.44. The second-order valence-corrected chi connectivity index (χ2v) is 6.02. The van der Waals surface area contributed by atoms with E-state index >= 15 is 0 Å². The van der Waals surface area contributed by atoms with E-state index in [2.05, 4.69) is 15.8 Å². The second kappa shape index (κ2) is 9.79. The average molecular weight is 394 g/mol. The average Bonchev–Trinajstić information content (AvgIpc) is 2.64. The molecule has 0 bridgehead atoms. The van der Waals surface area contributed by atoms with E-state index in [0.29, 0.717) is 21.4 Å². The molecule has 2 amide bonds. The fraction of sp³-hybridized carbons (Fsp3) is 0.167. The van der Waals surface area contributed by atoms with Crippen LogP contribution in [-0.4, -0.2) is 31.7 Å². The summed E-state index contributed by atoms with van der Waals surface area (Å²) in [5.74, 6) is 0.0418. The normalized spacial score (nSPS) is 10.6. The van der Waals surface area contributed by atoms with Gasteiger partial charge in [0.1, 0.15) is 5.75 Å². The number of nitrogens with one attached hydrogen (secondary N) is 2. The standard InChI is InChI=1S/C18H17Cl2N3O3/c1-26-14-4-2-3-12(9-14)11-22-23-17(24)7-8-21-18(25)13-5-6-15(19)16(20)10-13/h2-6,9-11H,7-8H2,1H3,(H,21,25)(H,23,24). The summed E-state index contributed by atoms with van der Waals surface area (Å²) in [6, 6.07) is 11.8. The Morgan fingerprint density at radius 2 is 1.96 bits per heavy atom. The molecule has 0 aliphatic carbocycles. The van der Waals surface area contributed by atoms with Crippen LogP contribution in [-0.2, 0) is 4.79 Å². The van der Waals surface area contributed by atoms with Gasteiger partial charge in [-0.2, -0.15) is 5.10 Å². The molecule has 0 saturated carbocycles. The van der Waals surface area contributed by atoms with Gasteiger partial charge in [0.15, 0.2) is 0 Å². The number of amides is 2. The maximum absolute atomic E-state index is 12.0. The molecule has 6 nitrogen and oxygen atoms in total. The van der Waals surface area contributed by atoms with Gasteiger partial charge in [0.05, 0.1) is 23.4 Å². The summed E-state index contributed by atoms with van der Waals surface area (Å²) in [4.78, 5) is 23.7. The lowest BCUT2D eigenvalue weighted by atomic mass is 10.2. The lowest BCUT2D eigenvalue weighted by molar-refractivity contribution is -0.120. The number of carbonyl (C=O) groups excluding carboxylic acids is 2. The van der Waals surface area contributed by atoms with Crippen molar-refractivity contribution in [2.45, 2.75) is 6.42 Å². The third kappa shape index (κ3) is 6.06. The minimum atomic E-state index is -0.337. The number of nitrogens with zero attached hydrogens (tertiary/aromatic N) is 1. The lowest BCUT2D eigenvalue weighted by Crippen LogP contribution is -2.29. The Balaban J connectivity index is 1.75. The van der Waals surface area contributed by atoms with Crippen LogP contribution in [0.15, 0.2) is 47.6 Å². The van der Waals surface area contributed by atoms with Crippen LogP contribution in [0.2, 0.25) is 10.0 Å². The highest BCUT2D eigenvalue weighted by molar-refractivity contribution is 6.42. The van der Waals surface area contributed by atoms with E-state index in [0.717, 1.165) is 5.56 Å². The van der Waals surface area contributed by atoms with Crippen molar-refractivity contribution in [1.29, 1.82) is 0 Å². The zero-order valence-corrected chi connectivity index (χ0v) is 15.5. The third-order valence-electron chi connectivity index (χ3n) is 3.32. The van der Waals surface area contributed by atoms with E-state index in [1.165, 1.54) is 12.3 Å². The maximum Gasteiger partial charge on any atom is 0.251 e. The van der Waals surface area contributed by atoms with Gasteiger partial charge >= 0.3 is 0 Å². The highest BCUT2D eigenvalue weighted by atomic mass is 35.5. The van der Waals surface area contributed by atoms with E-state index in [1.54, 1.807) is 25.3 Å². The van der Waals surface area contributed by atoms with E-state index < -0.39 is 0 Å². The molecule has 26 heavy (non-hydrogen) atoms. The number of methoxy groups -OCH3 is 1. The predicted octanol–water partition coefficient (Wildman–Crippen LogP) is 3.27. The first-order valence-corrected chi connectivity index (χ1v) is 8.44. The zero-order valence-electron chi connectivity index (χ0n) is 14.0. The predicted molar refractivity (Wildman–Crippen MR) is 102 cm³/mol. The monoisotopic (exact) mass is 393 g/mol. The minimum Gasteiger partial charge on any atom is -0.497 e.